The quantitative estimate of drug-likeness (QED) is 0.462. The van der Waals surface area contributed by atoms with Crippen molar-refractivity contribution in [3.8, 4) is 0 Å². The normalized spacial score (nSPS) is 21.3. The van der Waals surface area contributed by atoms with Crippen LogP contribution < -0.4 is 0 Å². The summed E-state index contributed by atoms with van der Waals surface area (Å²) in [5, 5.41) is 1.82. The second-order valence-electron chi connectivity index (χ2n) is 9.02. The molecule has 2 saturated carbocycles. The summed E-state index contributed by atoms with van der Waals surface area (Å²) in [5.41, 5.74) is 8.27. The number of fused-ring (bicyclic) bond motifs is 1. The Balaban J connectivity index is 1.64. The highest BCUT2D eigenvalue weighted by atomic mass is 31.1. The van der Waals surface area contributed by atoms with Gasteiger partial charge in [0.2, 0.25) is 0 Å². The van der Waals surface area contributed by atoms with Crippen molar-refractivity contribution in [2.24, 2.45) is 0 Å². The van der Waals surface area contributed by atoms with Gasteiger partial charge in [-0.2, -0.15) is 0 Å². The van der Waals surface area contributed by atoms with Crippen LogP contribution in [0, 0.1) is 0 Å². The minimum atomic E-state index is -0.0680. The van der Waals surface area contributed by atoms with Crippen LogP contribution in [-0.4, -0.2) is 11.3 Å². The van der Waals surface area contributed by atoms with E-state index in [2.05, 4.69) is 54.6 Å². The molecule has 2 aromatic carbocycles. The van der Waals surface area contributed by atoms with Gasteiger partial charge in [0.05, 0.1) is 0 Å². The molecule has 0 bridgehead atoms. The maximum atomic E-state index is 2.45. The number of benzene rings is 2. The highest BCUT2D eigenvalue weighted by Gasteiger charge is 2.38. The van der Waals surface area contributed by atoms with Crippen LogP contribution in [0.15, 0.2) is 54.6 Å². The minimum Gasteiger partial charge on any atom is -0.0680 e. The fourth-order valence-corrected chi connectivity index (χ4v) is 10.1. The Kier molecular flexibility index (Phi) is 5.68. The van der Waals surface area contributed by atoms with Crippen molar-refractivity contribution in [1.82, 2.24) is 0 Å². The van der Waals surface area contributed by atoms with Gasteiger partial charge >= 0.3 is 0 Å². The van der Waals surface area contributed by atoms with Crippen molar-refractivity contribution < 1.29 is 0 Å². The molecule has 5 rings (SSSR count). The lowest BCUT2D eigenvalue weighted by Crippen LogP contribution is -2.21. The van der Waals surface area contributed by atoms with Crippen molar-refractivity contribution in [2.45, 2.75) is 81.9 Å². The lowest BCUT2D eigenvalue weighted by atomic mass is 9.99. The molecule has 0 unspecified atom stereocenters. The molecule has 0 heterocycles. The monoisotopic (exact) mass is 388 g/mol. The second-order valence-corrected chi connectivity index (χ2v) is 11.7. The molecule has 3 aliphatic rings. The predicted molar refractivity (Wildman–Crippen MR) is 124 cm³/mol. The molecule has 146 valence electrons. The molecule has 0 saturated heterocycles. The van der Waals surface area contributed by atoms with E-state index < -0.39 is 0 Å². The Hall–Kier alpha value is -1.39. The third-order valence-corrected chi connectivity index (χ3v) is 10.9. The molecule has 2 fully saturated rings. The number of hydrogen-bond donors (Lipinski definition) is 0. The molecule has 28 heavy (non-hydrogen) atoms. The number of allylic oxidation sites excluding steroid dienone is 1. The Morgan fingerprint density at radius 2 is 1.18 bits per heavy atom. The van der Waals surface area contributed by atoms with Gasteiger partial charge in [-0.15, -0.1) is 0 Å². The SMILES string of the molecule is c1ccc(C2=C(P(C3CCCCC3)C3CCCCC3)c3ccccc3C2)cc1. The van der Waals surface area contributed by atoms with Crippen LogP contribution in [0.4, 0.5) is 0 Å². The summed E-state index contributed by atoms with van der Waals surface area (Å²) < 4.78 is 0. The van der Waals surface area contributed by atoms with Gasteiger partial charge in [0, 0.05) is 0 Å². The number of rotatable bonds is 4. The standard InChI is InChI=1S/C27H33P/c1-4-12-21(13-5-1)26-20-22-14-10-11-19-25(22)27(26)28(23-15-6-2-7-16-23)24-17-8-3-9-18-24/h1,4-5,10-14,19,23-24H,2-3,6-9,15-18,20H2. The molecule has 0 aromatic heterocycles. The first kappa shape index (κ1) is 18.6. The molecule has 0 radical (unpaired) electrons. The fourth-order valence-electron chi connectivity index (χ4n) is 5.90. The van der Waals surface area contributed by atoms with Gasteiger partial charge < -0.3 is 0 Å². The third-order valence-electron chi connectivity index (χ3n) is 7.24. The topological polar surface area (TPSA) is 0 Å². The third kappa shape index (κ3) is 3.61. The maximum Gasteiger partial charge on any atom is -0.000709 e. The first-order valence-corrected chi connectivity index (χ1v) is 13.0. The lowest BCUT2D eigenvalue weighted by molar-refractivity contribution is 0.487. The van der Waals surface area contributed by atoms with Gasteiger partial charge in [-0.3, -0.25) is 0 Å². The van der Waals surface area contributed by atoms with Gasteiger partial charge in [-0.05, 0) is 71.0 Å². The molecular weight excluding hydrogens is 355 g/mol. The summed E-state index contributed by atoms with van der Waals surface area (Å²) in [6, 6.07) is 20.7. The van der Waals surface area contributed by atoms with Crippen molar-refractivity contribution in [2.75, 3.05) is 0 Å². The van der Waals surface area contributed by atoms with E-state index in [1.54, 1.807) is 16.7 Å². The summed E-state index contributed by atoms with van der Waals surface area (Å²) in [5.74, 6) is 0. The zero-order valence-corrected chi connectivity index (χ0v) is 18.0. The van der Waals surface area contributed by atoms with Crippen LogP contribution in [0.5, 0.6) is 0 Å². The zero-order chi connectivity index (χ0) is 18.8. The van der Waals surface area contributed by atoms with Crippen LogP contribution >= 0.6 is 7.92 Å². The smallest absolute Gasteiger partial charge is 0.000709 e. The van der Waals surface area contributed by atoms with E-state index in [1.807, 2.05) is 5.31 Å². The molecule has 0 atom stereocenters. The summed E-state index contributed by atoms with van der Waals surface area (Å²) in [6.07, 6.45) is 15.9. The summed E-state index contributed by atoms with van der Waals surface area (Å²) in [7, 11) is -0.0680. The highest BCUT2D eigenvalue weighted by Crippen LogP contribution is 2.67. The molecule has 3 aliphatic carbocycles. The van der Waals surface area contributed by atoms with Gasteiger partial charge in [-0.1, -0.05) is 101 Å². The largest absolute Gasteiger partial charge is 0.0680 e. The molecule has 0 aliphatic heterocycles. The van der Waals surface area contributed by atoms with Gasteiger partial charge in [0.15, 0.2) is 0 Å². The van der Waals surface area contributed by atoms with Gasteiger partial charge in [0.25, 0.3) is 0 Å². The lowest BCUT2D eigenvalue weighted by Gasteiger charge is -2.40. The Labute approximate surface area is 172 Å². The molecular formula is C27H33P. The molecule has 2 aromatic rings. The Morgan fingerprint density at radius 3 is 1.82 bits per heavy atom. The van der Waals surface area contributed by atoms with Crippen molar-refractivity contribution in [1.29, 1.82) is 0 Å². The Bertz CT molecular complexity index is 804. The molecule has 1 heteroatoms. The molecule has 0 spiro atoms. The second kappa shape index (κ2) is 8.54. The first-order valence-electron chi connectivity index (χ1n) is 11.6. The summed E-state index contributed by atoms with van der Waals surface area (Å²) in [6.45, 7) is 0. The van der Waals surface area contributed by atoms with E-state index in [-0.39, 0.29) is 7.92 Å². The summed E-state index contributed by atoms with van der Waals surface area (Å²) >= 11 is 0. The van der Waals surface area contributed by atoms with Crippen LogP contribution in [-0.2, 0) is 6.42 Å². The average Bonchev–Trinajstić information content (AvgIpc) is 3.16. The molecule has 0 N–H and O–H groups in total. The maximum absolute atomic E-state index is 2.45. The van der Waals surface area contributed by atoms with E-state index in [0.29, 0.717) is 0 Å². The molecule has 0 nitrogen and oxygen atoms in total. The van der Waals surface area contributed by atoms with Crippen molar-refractivity contribution in [3.63, 3.8) is 0 Å². The van der Waals surface area contributed by atoms with Crippen LogP contribution in [0.2, 0.25) is 0 Å². The van der Waals surface area contributed by atoms with Crippen LogP contribution in [0.3, 0.4) is 0 Å². The van der Waals surface area contributed by atoms with Gasteiger partial charge in [-0.25, -0.2) is 0 Å². The fraction of sp³-hybridized carbons (Fsp3) is 0.481. The zero-order valence-electron chi connectivity index (χ0n) is 17.1. The summed E-state index contributed by atoms with van der Waals surface area (Å²) in [4.78, 5) is 0. The minimum absolute atomic E-state index is 0.0680. The van der Waals surface area contributed by atoms with E-state index in [4.69, 9.17) is 0 Å². The van der Waals surface area contributed by atoms with Gasteiger partial charge in [0.1, 0.15) is 0 Å². The average molecular weight is 389 g/mol. The Morgan fingerprint density at radius 1 is 0.607 bits per heavy atom. The number of hydrogen-bond acceptors (Lipinski definition) is 0. The van der Waals surface area contributed by atoms with E-state index >= 15 is 0 Å². The van der Waals surface area contributed by atoms with E-state index in [9.17, 15) is 0 Å². The van der Waals surface area contributed by atoms with Crippen molar-refractivity contribution >= 4 is 18.8 Å². The molecule has 0 amide bonds. The van der Waals surface area contributed by atoms with E-state index in [1.165, 1.54) is 69.8 Å². The van der Waals surface area contributed by atoms with Crippen LogP contribution in [0.25, 0.3) is 10.9 Å². The predicted octanol–water partition coefficient (Wildman–Crippen LogP) is 8.26. The van der Waals surface area contributed by atoms with Crippen LogP contribution in [0.1, 0.15) is 80.9 Å². The first-order chi connectivity index (χ1) is 13.9. The highest BCUT2D eigenvalue weighted by molar-refractivity contribution is 7.70. The van der Waals surface area contributed by atoms with Crippen molar-refractivity contribution in [3.05, 3.63) is 71.3 Å². The van der Waals surface area contributed by atoms with E-state index in [0.717, 1.165) is 17.7 Å².